The number of carbonyl (C=O) groups is 1. The minimum atomic E-state index is -0.619. The first-order valence-electron chi connectivity index (χ1n) is 9.46. The van der Waals surface area contributed by atoms with Crippen molar-refractivity contribution in [3.63, 3.8) is 0 Å². The van der Waals surface area contributed by atoms with Crippen LogP contribution in [0, 0.1) is 0 Å². The summed E-state index contributed by atoms with van der Waals surface area (Å²) in [7, 11) is 0. The number of aromatic amines is 1. The monoisotopic (exact) mass is 372 g/mol. The molecule has 1 aromatic heterocycles. The Kier molecular flexibility index (Phi) is 7.40. The van der Waals surface area contributed by atoms with Gasteiger partial charge in [0.1, 0.15) is 5.82 Å². The van der Waals surface area contributed by atoms with E-state index in [1.807, 2.05) is 44.2 Å². The molecule has 1 aromatic carbocycles. The SMILES string of the molecule is CCCCn1c(N)c(N(CCC)C(=O)CCc2ccccc2)c(=O)[nH]c1=O. The Hall–Kier alpha value is -2.83. The number of hydrogen-bond donors (Lipinski definition) is 2. The van der Waals surface area contributed by atoms with Crippen LogP contribution in [-0.2, 0) is 17.8 Å². The van der Waals surface area contributed by atoms with Gasteiger partial charge >= 0.3 is 5.69 Å². The Morgan fingerprint density at radius 3 is 2.48 bits per heavy atom. The van der Waals surface area contributed by atoms with Gasteiger partial charge in [0.2, 0.25) is 5.91 Å². The van der Waals surface area contributed by atoms with Crippen LogP contribution in [0.1, 0.15) is 45.1 Å². The molecule has 0 radical (unpaired) electrons. The molecule has 0 aliphatic carbocycles. The number of hydrogen-bond acceptors (Lipinski definition) is 4. The Balaban J connectivity index is 2.33. The van der Waals surface area contributed by atoms with Crippen molar-refractivity contribution in [1.82, 2.24) is 9.55 Å². The predicted octanol–water partition coefficient (Wildman–Crippen LogP) is 2.29. The second-order valence-corrected chi connectivity index (χ2v) is 6.53. The molecule has 3 N–H and O–H groups in total. The van der Waals surface area contributed by atoms with Gasteiger partial charge in [-0.3, -0.25) is 19.1 Å². The molecule has 0 saturated heterocycles. The normalized spacial score (nSPS) is 10.7. The van der Waals surface area contributed by atoms with E-state index in [1.54, 1.807) is 0 Å². The van der Waals surface area contributed by atoms with E-state index < -0.39 is 11.2 Å². The molecular formula is C20H28N4O3. The summed E-state index contributed by atoms with van der Waals surface area (Å²) in [5.41, 5.74) is 6.12. The molecule has 0 bridgehead atoms. The van der Waals surface area contributed by atoms with E-state index in [9.17, 15) is 14.4 Å². The van der Waals surface area contributed by atoms with Crippen molar-refractivity contribution in [2.24, 2.45) is 0 Å². The highest BCUT2D eigenvalue weighted by molar-refractivity contribution is 5.95. The fourth-order valence-electron chi connectivity index (χ4n) is 2.99. The largest absolute Gasteiger partial charge is 0.383 e. The highest BCUT2D eigenvalue weighted by Crippen LogP contribution is 2.19. The number of nitrogens with zero attached hydrogens (tertiary/aromatic N) is 2. The topological polar surface area (TPSA) is 101 Å². The number of carbonyl (C=O) groups excluding carboxylic acids is 1. The third-order valence-electron chi connectivity index (χ3n) is 4.44. The minimum Gasteiger partial charge on any atom is -0.383 e. The summed E-state index contributed by atoms with van der Waals surface area (Å²) in [6.45, 7) is 4.70. The lowest BCUT2D eigenvalue weighted by molar-refractivity contribution is -0.118. The lowest BCUT2D eigenvalue weighted by Gasteiger charge is -2.24. The molecule has 146 valence electrons. The van der Waals surface area contributed by atoms with Crippen molar-refractivity contribution in [3.05, 3.63) is 56.7 Å². The molecule has 2 rings (SSSR count). The van der Waals surface area contributed by atoms with Crippen LogP contribution in [0.3, 0.4) is 0 Å². The van der Waals surface area contributed by atoms with Crippen molar-refractivity contribution >= 4 is 17.4 Å². The van der Waals surface area contributed by atoms with Crippen LogP contribution < -0.4 is 21.9 Å². The van der Waals surface area contributed by atoms with Crippen molar-refractivity contribution < 1.29 is 4.79 Å². The van der Waals surface area contributed by atoms with Gasteiger partial charge in [-0.2, -0.15) is 0 Å². The summed E-state index contributed by atoms with van der Waals surface area (Å²) >= 11 is 0. The first-order valence-corrected chi connectivity index (χ1v) is 9.46. The van der Waals surface area contributed by atoms with Crippen LogP contribution in [0.25, 0.3) is 0 Å². The number of benzene rings is 1. The smallest absolute Gasteiger partial charge is 0.330 e. The maximum atomic E-state index is 12.9. The Morgan fingerprint density at radius 1 is 1.15 bits per heavy atom. The number of nitrogens with two attached hydrogens (primary N) is 1. The van der Waals surface area contributed by atoms with Crippen molar-refractivity contribution in [2.75, 3.05) is 17.2 Å². The van der Waals surface area contributed by atoms with Crippen LogP contribution >= 0.6 is 0 Å². The number of nitrogen functional groups attached to an aromatic ring is 1. The van der Waals surface area contributed by atoms with Gasteiger partial charge in [0.25, 0.3) is 5.56 Å². The number of aromatic nitrogens is 2. The molecule has 7 heteroatoms. The molecule has 0 unspecified atom stereocenters. The van der Waals surface area contributed by atoms with E-state index in [2.05, 4.69) is 4.98 Å². The third kappa shape index (κ3) is 5.09. The van der Waals surface area contributed by atoms with Crippen molar-refractivity contribution in [2.45, 2.75) is 52.5 Å². The summed E-state index contributed by atoms with van der Waals surface area (Å²) < 4.78 is 1.34. The zero-order valence-corrected chi connectivity index (χ0v) is 16.0. The van der Waals surface area contributed by atoms with Gasteiger partial charge < -0.3 is 10.6 Å². The summed E-state index contributed by atoms with van der Waals surface area (Å²) in [4.78, 5) is 41.1. The van der Waals surface area contributed by atoms with E-state index in [4.69, 9.17) is 5.73 Å². The maximum Gasteiger partial charge on any atom is 0.330 e. The molecule has 0 fully saturated rings. The molecule has 0 aliphatic heterocycles. The first kappa shape index (κ1) is 20.5. The maximum absolute atomic E-state index is 12.9. The van der Waals surface area contributed by atoms with Gasteiger partial charge in [-0.25, -0.2) is 4.79 Å². The van der Waals surface area contributed by atoms with Crippen molar-refractivity contribution in [3.8, 4) is 0 Å². The first-order chi connectivity index (χ1) is 13.0. The third-order valence-corrected chi connectivity index (χ3v) is 4.44. The number of rotatable bonds is 9. The van der Waals surface area contributed by atoms with E-state index in [0.29, 0.717) is 25.9 Å². The molecule has 2 aromatic rings. The van der Waals surface area contributed by atoms with E-state index in [1.165, 1.54) is 9.47 Å². The van der Waals surface area contributed by atoms with E-state index in [0.717, 1.165) is 18.4 Å². The molecular weight excluding hydrogens is 344 g/mol. The molecule has 1 amide bonds. The highest BCUT2D eigenvalue weighted by atomic mass is 16.2. The summed E-state index contributed by atoms with van der Waals surface area (Å²) in [5.74, 6) is -0.127. The van der Waals surface area contributed by atoms with Gasteiger partial charge in [0.05, 0.1) is 0 Å². The van der Waals surface area contributed by atoms with Crippen LogP contribution in [0.4, 0.5) is 11.5 Å². The van der Waals surface area contributed by atoms with Crippen LogP contribution in [0.5, 0.6) is 0 Å². The Bertz CT molecular complexity index is 871. The summed E-state index contributed by atoms with van der Waals surface area (Å²) in [5, 5.41) is 0. The second-order valence-electron chi connectivity index (χ2n) is 6.53. The number of aryl methyl sites for hydroxylation is 1. The average molecular weight is 372 g/mol. The molecule has 27 heavy (non-hydrogen) atoms. The molecule has 0 aliphatic rings. The Labute approximate surface area is 158 Å². The molecule has 0 spiro atoms. The van der Waals surface area contributed by atoms with E-state index >= 15 is 0 Å². The van der Waals surface area contributed by atoms with Gasteiger partial charge in [-0.05, 0) is 24.8 Å². The number of amides is 1. The standard InChI is InChI=1S/C20H28N4O3/c1-3-5-14-24-18(21)17(19(26)22-20(24)27)23(13-4-2)16(25)12-11-15-9-7-6-8-10-15/h6-10H,3-5,11-14,21H2,1-2H3,(H,22,26,27). The number of H-pyrrole nitrogens is 1. The number of nitrogens with one attached hydrogen (secondary N) is 1. The predicted molar refractivity (Wildman–Crippen MR) is 108 cm³/mol. The van der Waals surface area contributed by atoms with Gasteiger partial charge in [0.15, 0.2) is 5.69 Å². The lowest BCUT2D eigenvalue weighted by atomic mass is 10.1. The molecule has 1 heterocycles. The second kappa shape index (κ2) is 9.75. The summed E-state index contributed by atoms with van der Waals surface area (Å²) in [6, 6.07) is 9.70. The molecule has 7 nitrogen and oxygen atoms in total. The number of anilines is 2. The molecule has 0 saturated carbocycles. The minimum absolute atomic E-state index is 0.0544. The average Bonchev–Trinajstić information content (AvgIpc) is 2.66. The highest BCUT2D eigenvalue weighted by Gasteiger charge is 2.23. The van der Waals surface area contributed by atoms with Gasteiger partial charge in [0, 0.05) is 19.5 Å². The fraction of sp³-hybridized carbons (Fsp3) is 0.450. The van der Waals surface area contributed by atoms with Crippen LogP contribution in [0.2, 0.25) is 0 Å². The van der Waals surface area contributed by atoms with Gasteiger partial charge in [-0.1, -0.05) is 50.6 Å². The zero-order chi connectivity index (χ0) is 19.8. The van der Waals surface area contributed by atoms with Crippen LogP contribution in [0.15, 0.2) is 39.9 Å². The van der Waals surface area contributed by atoms with E-state index in [-0.39, 0.29) is 23.8 Å². The van der Waals surface area contributed by atoms with Crippen LogP contribution in [-0.4, -0.2) is 22.0 Å². The lowest BCUT2D eigenvalue weighted by Crippen LogP contribution is -2.41. The van der Waals surface area contributed by atoms with Crippen molar-refractivity contribution in [1.29, 1.82) is 0 Å². The number of unbranched alkanes of at least 4 members (excludes halogenated alkanes) is 1. The zero-order valence-electron chi connectivity index (χ0n) is 16.0. The summed E-state index contributed by atoms with van der Waals surface area (Å²) in [6.07, 6.45) is 3.15. The molecule has 0 atom stereocenters. The van der Waals surface area contributed by atoms with Gasteiger partial charge in [-0.15, -0.1) is 0 Å². The fourth-order valence-corrected chi connectivity index (χ4v) is 2.99. The Morgan fingerprint density at radius 2 is 1.85 bits per heavy atom. The quantitative estimate of drug-likeness (QED) is 0.705.